The zero-order valence-electron chi connectivity index (χ0n) is 17.8. The average molecular weight is 415 g/mol. The highest BCUT2D eigenvalue weighted by molar-refractivity contribution is 6.34. The van der Waals surface area contributed by atoms with E-state index in [9.17, 15) is 0 Å². The minimum Gasteiger partial charge on any atom is -0.497 e. The third kappa shape index (κ3) is 4.85. The van der Waals surface area contributed by atoms with Crippen LogP contribution in [0.25, 0.3) is 21.8 Å². The zero-order valence-corrected chi connectivity index (χ0v) is 18.5. The van der Waals surface area contributed by atoms with E-state index in [-0.39, 0.29) is 0 Å². The highest BCUT2D eigenvalue weighted by Crippen LogP contribution is 2.36. The van der Waals surface area contributed by atoms with Gasteiger partial charge < -0.3 is 20.7 Å². The minimum absolute atomic E-state index is 0.308. The van der Waals surface area contributed by atoms with Crippen LogP contribution in [0.1, 0.15) is 33.6 Å². The lowest BCUT2D eigenvalue weighted by atomic mass is 10.0. The number of benzene rings is 2. The Morgan fingerprint density at radius 3 is 2.55 bits per heavy atom. The summed E-state index contributed by atoms with van der Waals surface area (Å²) < 4.78 is 5.45. The molecule has 3 rings (SSSR count). The molecule has 1 heterocycles. The van der Waals surface area contributed by atoms with Crippen LogP contribution in [0.15, 0.2) is 30.3 Å². The predicted molar refractivity (Wildman–Crippen MR) is 125 cm³/mol. The van der Waals surface area contributed by atoms with Gasteiger partial charge in [-0.25, -0.2) is 4.98 Å². The zero-order chi connectivity index (χ0) is 21.0. The van der Waals surface area contributed by atoms with Crippen LogP contribution in [0.5, 0.6) is 5.75 Å². The topological polar surface area (TPSA) is 63.4 Å². The minimum atomic E-state index is 0.308. The van der Waals surface area contributed by atoms with Gasteiger partial charge in [-0.05, 0) is 69.7 Å². The lowest BCUT2D eigenvalue weighted by molar-refractivity contribution is 0.295. The molecule has 3 aromatic rings. The standard InChI is InChI=1S/C23H31ClN4O/c1-5-28(6-2)11-7-8-15(3)26-23-17-12-16(29-4)9-10-21(17)27-22-14-19(24)20(25)13-18(22)23/h9-10,12-15H,5-8,11,25H2,1-4H3,(H,26,27). The maximum absolute atomic E-state index is 6.26. The second kappa shape index (κ2) is 9.51. The first-order valence-electron chi connectivity index (χ1n) is 10.3. The average Bonchev–Trinajstić information content (AvgIpc) is 2.72. The molecule has 0 aliphatic carbocycles. The fourth-order valence-electron chi connectivity index (χ4n) is 3.72. The second-order valence-corrected chi connectivity index (χ2v) is 7.88. The number of methoxy groups -OCH3 is 1. The van der Waals surface area contributed by atoms with E-state index in [0.29, 0.717) is 16.8 Å². The molecule has 1 unspecified atom stereocenters. The number of hydrogen-bond donors (Lipinski definition) is 2. The van der Waals surface area contributed by atoms with Crippen molar-refractivity contribution in [2.45, 2.75) is 39.7 Å². The van der Waals surface area contributed by atoms with E-state index in [1.54, 1.807) is 7.11 Å². The molecule has 0 aliphatic rings. The van der Waals surface area contributed by atoms with Crippen molar-refractivity contribution in [3.8, 4) is 5.75 Å². The number of hydrogen-bond acceptors (Lipinski definition) is 5. The van der Waals surface area contributed by atoms with E-state index < -0.39 is 0 Å². The third-order valence-corrected chi connectivity index (χ3v) is 5.82. The molecule has 3 N–H and O–H groups in total. The van der Waals surface area contributed by atoms with Crippen LogP contribution in [-0.2, 0) is 0 Å². The monoisotopic (exact) mass is 414 g/mol. The van der Waals surface area contributed by atoms with Crippen molar-refractivity contribution in [3.63, 3.8) is 0 Å². The first-order chi connectivity index (χ1) is 14.0. The van der Waals surface area contributed by atoms with Crippen LogP contribution in [0, 0.1) is 0 Å². The van der Waals surface area contributed by atoms with Crippen LogP contribution >= 0.6 is 11.6 Å². The van der Waals surface area contributed by atoms with Crippen molar-refractivity contribution in [3.05, 3.63) is 35.4 Å². The Kier molecular flexibility index (Phi) is 7.04. The maximum Gasteiger partial charge on any atom is 0.119 e. The summed E-state index contributed by atoms with van der Waals surface area (Å²) in [6, 6.07) is 9.99. The number of rotatable bonds is 9. The number of nitrogens with two attached hydrogens (primary N) is 1. The first-order valence-corrected chi connectivity index (χ1v) is 10.7. The van der Waals surface area contributed by atoms with Gasteiger partial charge in [0.15, 0.2) is 0 Å². The van der Waals surface area contributed by atoms with Crippen molar-refractivity contribution in [2.24, 2.45) is 0 Å². The Morgan fingerprint density at radius 1 is 1.14 bits per heavy atom. The van der Waals surface area contributed by atoms with Crippen molar-refractivity contribution in [1.29, 1.82) is 0 Å². The number of nitrogens with one attached hydrogen (secondary N) is 1. The summed E-state index contributed by atoms with van der Waals surface area (Å²) in [6.45, 7) is 9.95. The highest BCUT2D eigenvalue weighted by Gasteiger charge is 2.14. The molecule has 1 atom stereocenters. The lowest BCUT2D eigenvalue weighted by Gasteiger charge is -2.22. The molecule has 0 radical (unpaired) electrons. The number of fused-ring (bicyclic) bond motifs is 2. The summed E-state index contributed by atoms with van der Waals surface area (Å²) >= 11 is 6.26. The van der Waals surface area contributed by atoms with Gasteiger partial charge >= 0.3 is 0 Å². The van der Waals surface area contributed by atoms with E-state index in [0.717, 1.165) is 65.7 Å². The van der Waals surface area contributed by atoms with E-state index in [4.69, 9.17) is 27.1 Å². The Hall–Kier alpha value is -2.24. The molecule has 0 fully saturated rings. The molecule has 0 spiro atoms. The number of anilines is 2. The molecule has 6 heteroatoms. The smallest absolute Gasteiger partial charge is 0.119 e. The molecule has 0 saturated heterocycles. The largest absolute Gasteiger partial charge is 0.497 e. The fourth-order valence-corrected chi connectivity index (χ4v) is 3.88. The molecular weight excluding hydrogens is 384 g/mol. The predicted octanol–water partition coefficient (Wildman–Crippen LogP) is 5.55. The molecule has 0 amide bonds. The molecule has 156 valence electrons. The second-order valence-electron chi connectivity index (χ2n) is 7.48. The fraction of sp³-hybridized carbons (Fsp3) is 0.435. The Bertz CT molecular complexity index is 988. The normalized spacial score (nSPS) is 12.6. The maximum atomic E-state index is 6.26. The van der Waals surface area contributed by atoms with Crippen molar-refractivity contribution >= 4 is 44.8 Å². The Morgan fingerprint density at radius 2 is 1.86 bits per heavy atom. The van der Waals surface area contributed by atoms with Crippen molar-refractivity contribution in [1.82, 2.24) is 9.88 Å². The van der Waals surface area contributed by atoms with Gasteiger partial charge in [-0.15, -0.1) is 0 Å². The third-order valence-electron chi connectivity index (χ3n) is 5.49. The number of pyridine rings is 1. The number of nitrogens with zero attached hydrogens (tertiary/aromatic N) is 2. The van der Waals surface area contributed by atoms with Crippen molar-refractivity contribution in [2.75, 3.05) is 37.8 Å². The van der Waals surface area contributed by atoms with E-state index >= 15 is 0 Å². The van der Waals surface area contributed by atoms with E-state index in [2.05, 4.69) is 31.0 Å². The van der Waals surface area contributed by atoms with Gasteiger partial charge in [0, 0.05) is 16.8 Å². The van der Waals surface area contributed by atoms with Gasteiger partial charge in [-0.1, -0.05) is 25.4 Å². The Balaban J connectivity index is 1.97. The summed E-state index contributed by atoms with van der Waals surface area (Å²) in [7, 11) is 1.68. The van der Waals surface area contributed by atoms with Crippen molar-refractivity contribution < 1.29 is 4.74 Å². The van der Waals surface area contributed by atoms with Gasteiger partial charge in [0.1, 0.15) is 5.75 Å². The van der Waals surface area contributed by atoms with Gasteiger partial charge in [-0.3, -0.25) is 0 Å². The summed E-state index contributed by atoms with van der Waals surface area (Å²) in [6.07, 6.45) is 2.23. The lowest BCUT2D eigenvalue weighted by Crippen LogP contribution is -2.25. The molecule has 29 heavy (non-hydrogen) atoms. The van der Waals surface area contributed by atoms with Gasteiger partial charge in [0.25, 0.3) is 0 Å². The van der Waals surface area contributed by atoms with Crippen LogP contribution in [0.3, 0.4) is 0 Å². The molecule has 0 saturated carbocycles. The van der Waals surface area contributed by atoms with Crippen LogP contribution in [-0.4, -0.2) is 42.7 Å². The SMILES string of the molecule is CCN(CC)CCCC(C)Nc1c2cc(OC)ccc2nc2cc(Cl)c(N)cc12. The van der Waals surface area contributed by atoms with Crippen LogP contribution in [0.4, 0.5) is 11.4 Å². The quantitative estimate of drug-likeness (QED) is 0.354. The number of ether oxygens (including phenoxy) is 1. The highest BCUT2D eigenvalue weighted by atomic mass is 35.5. The van der Waals surface area contributed by atoms with Crippen LogP contribution < -0.4 is 15.8 Å². The number of halogens is 1. The summed E-state index contributed by atoms with van der Waals surface area (Å²) in [4.78, 5) is 7.24. The molecular formula is C23H31ClN4O. The molecule has 0 aliphatic heterocycles. The summed E-state index contributed by atoms with van der Waals surface area (Å²) in [5.41, 5.74) is 9.43. The van der Waals surface area contributed by atoms with Gasteiger partial charge in [-0.2, -0.15) is 0 Å². The number of nitrogen functional groups attached to an aromatic ring is 1. The summed E-state index contributed by atoms with van der Waals surface area (Å²) in [5, 5.41) is 6.24. The van der Waals surface area contributed by atoms with E-state index in [1.807, 2.05) is 30.3 Å². The van der Waals surface area contributed by atoms with Gasteiger partial charge in [0.2, 0.25) is 0 Å². The van der Waals surface area contributed by atoms with Gasteiger partial charge in [0.05, 0.1) is 34.5 Å². The molecule has 5 nitrogen and oxygen atoms in total. The Labute approximate surface area is 178 Å². The van der Waals surface area contributed by atoms with Crippen LogP contribution in [0.2, 0.25) is 5.02 Å². The molecule has 2 aromatic carbocycles. The molecule has 1 aromatic heterocycles. The molecule has 0 bridgehead atoms. The summed E-state index contributed by atoms with van der Waals surface area (Å²) in [5.74, 6) is 0.804. The number of aromatic nitrogens is 1. The first kappa shape index (κ1) is 21.5. The van der Waals surface area contributed by atoms with E-state index in [1.165, 1.54) is 0 Å².